The van der Waals surface area contributed by atoms with Gasteiger partial charge in [-0.3, -0.25) is 9.69 Å². The number of carbonyl (C=O) groups is 1. The molecule has 1 fully saturated rings. The van der Waals surface area contributed by atoms with Gasteiger partial charge in [0.05, 0.1) is 6.04 Å². The molecule has 1 aromatic rings. The molecule has 1 aliphatic heterocycles. The maximum absolute atomic E-state index is 12.4. The number of carbonyl (C=O) groups excluding carboxylic acids is 1. The van der Waals surface area contributed by atoms with E-state index in [-0.39, 0.29) is 11.9 Å². The topological polar surface area (TPSA) is 58.4 Å². The SMILES string of the molecule is Cc1ccc(N)cc1NC(=O)C(C)N(C)C1CCSC1. The fourth-order valence-electron chi connectivity index (χ4n) is 2.36. The van der Waals surface area contributed by atoms with Gasteiger partial charge >= 0.3 is 0 Å². The van der Waals surface area contributed by atoms with Gasteiger partial charge in [-0.25, -0.2) is 0 Å². The molecule has 1 heterocycles. The molecule has 5 heteroatoms. The van der Waals surface area contributed by atoms with Crippen LogP contribution < -0.4 is 11.1 Å². The lowest BCUT2D eigenvalue weighted by atomic mass is 10.1. The second-order valence-corrected chi connectivity index (χ2v) is 6.57. The molecule has 2 atom stereocenters. The molecule has 2 unspecified atom stereocenters. The quantitative estimate of drug-likeness (QED) is 0.837. The Morgan fingerprint density at radius 1 is 1.55 bits per heavy atom. The number of nitrogen functional groups attached to an aromatic ring is 1. The predicted octanol–water partition coefficient (Wildman–Crippen LogP) is 2.34. The zero-order valence-corrected chi connectivity index (χ0v) is 13.2. The van der Waals surface area contributed by atoms with Crippen molar-refractivity contribution in [3.63, 3.8) is 0 Å². The molecular formula is C15H23N3OS. The highest BCUT2D eigenvalue weighted by molar-refractivity contribution is 7.99. The summed E-state index contributed by atoms with van der Waals surface area (Å²) in [6.45, 7) is 3.93. The number of rotatable bonds is 4. The minimum absolute atomic E-state index is 0.0260. The molecule has 2 rings (SSSR count). The number of aryl methyl sites for hydroxylation is 1. The van der Waals surface area contributed by atoms with E-state index < -0.39 is 0 Å². The number of nitrogens with one attached hydrogen (secondary N) is 1. The second-order valence-electron chi connectivity index (χ2n) is 5.42. The molecule has 3 N–H and O–H groups in total. The molecular weight excluding hydrogens is 270 g/mol. The molecule has 0 aromatic heterocycles. The van der Waals surface area contributed by atoms with Crippen LogP contribution in [0, 0.1) is 6.92 Å². The zero-order valence-electron chi connectivity index (χ0n) is 12.3. The Labute approximate surface area is 125 Å². The lowest BCUT2D eigenvalue weighted by Crippen LogP contribution is -2.45. The van der Waals surface area contributed by atoms with Gasteiger partial charge in [0, 0.05) is 23.2 Å². The first-order chi connectivity index (χ1) is 9.49. The van der Waals surface area contributed by atoms with Crippen LogP contribution in [0.5, 0.6) is 0 Å². The van der Waals surface area contributed by atoms with Gasteiger partial charge in [-0.1, -0.05) is 6.07 Å². The van der Waals surface area contributed by atoms with Crippen LogP contribution in [0.1, 0.15) is 18.9 Å². The van der Waals surface area contributed by atoms with Crippen molar-refractivity contribution >= 4 is 29.0 Å². The Balaban J connectivity index is 2.01. The molecule has 0 saturated carbocycles. The molecule has 1 saturated heterocycles. The third-order valence-corrected chi connectivity index (χ3v) is 5.14. The van der Waals surface area contributed by atoms with E-state index in [2.05, 4.69) is 10.2 Å². The third kappa shape index (κ3) is 3.46. The van der Waals surface area contributed by atoms with E-state index in [1.165, 1.54) is 5.75 Å². The smallest absolute Gasteiger partial charge is 0.241 e. The summed E-state index contributed by atoms with van der Waals surface area (Å²) in [6.07, 6.45) is 1.16. The van der Waals surface area contributed by atoms with E-state index in [4.69, 9.17) is 5.73 Å². The summed E-state index contributed by atoms with van der Waals surface area (Å²) in [7, 11) is 2.03. The highest BCUT2D eigenvalue weighted by Gasteiger charge is 2.27. The minimum Gasteiger partial charge on any atom is -0.399 e. The van der Waals surface area contributed by atoms with Crippen molar-refractivity contribution in [2.24, 2.45) is 0 Å². The lowest BCUT2D eigenvalue weighted by Gasteiger charge is -2.29. The van der Waals surface area contributed by atoms with Gasteiger partial charge in [-0.2, -0.15) is 11.8 Å². The van der Waals surface area contributed by atoms with Crippen LogP contribution in [0.4, 0.5) is 11.4 Å². The molecule has 110 valence electrons. The van der Waals surface area contributed by atoms with Crippen molar-refractivity contribution in [1.82, 2.24) is 4.90 Å². The van der Waals surface area contributed by atoms with Crippen molar-refractivity contribution in [2.75, 3.05) is 29.6 Å². The number of nitrogens with zero attached hydrogens (tertiary/aromatic N) is 1. The largest absolute Gasteiger partial charge is 0.399 e. The van der Waals surface area contributed by atoms with Gasteiger partial charge in [0.1, 0.15) is 0 Å². The van der Waals surface area contributed by atoms with Crippen LogP contribution in [0.25, 0.3) is 0 Å². The average Bonchev–Trinajstić information content (AvgIpc) is 2.95. The standard InChI is InChI=1S/C15H23N3OS/c1-10-4-5-12(16)8-14(10)17-15(19)11(2)18(3)13-6-7-20-9-13/h4-5,8,11,13H,6-7,9,16H2,1-3H3,(H,17,19). The van der Waals surface area contributed by atoms with Crippen molar-refractivity contribution in [3.8, 4) is 0 Å². The number of benzene rings is 1. The average molecular weight is 293 g/mol. The fourth-order valence-corrected chi connectivity index (χ4v) is 3.64. The maximum Gasteiger partial charge on any atom is 0.241 e. The third-order valence-electron chi connectivity index (χ3n) is 3.99. The molecule has 1 amide bonds. The number of thioether (sulfide) groups is 1. The lowest BCUT2D eigenvalue weighted by molar-refractivity contribution is -0.120. The number of likely N-dealkylation sites (N-methyl/N-ethyl adjacent to an activating group) is 1. The van der Waals surface area contributed by atoms with Gasteiger partial charge < -0.3 is 11.1 Å². The van der Waals surface area contributed by atoms with Crippen molar-refractivity contribution in [2.45, 2.75) is 32.4 Å². The van der Waals surface area contributed by atoms with E-state index in [0.29, 0.717) is 11.7 Å². The molecule has 0 bridgehead atoms. The Morgan fingerprint density at radius 2 is 2.30 bits per heavy atom. The van der Waals surface area contributed by atoms with Gasteiger partial charge in [0.25, 0.3) is 0 Å². The zero-order chi connectivity index (χ0) is 14.7. The van der Waals surface area contributed by atoms with Crippen molar-refractivity contribution in [3.05, 3.63) is 23.8 Å². The Bertz CT molecular complexity index is 486. The Kier molecular flexibility index (Phi) is 4.94. The first-order valence-electron chi connectivity index (χ1n) is 6.95. The van der Waals surface area contributed by atoms with Crippen molar-refractivity contribution < 1.29 is 4.79 Å². The number of nitrogens with two attached hydrogens (primary N) is 1. The molecule has 20 heavy (non-hydrogen) atoms. The number of hydrogen-bond donors (Lipinski definition) is 2. The van der Waals surface area contributed by atoms with Crippen LogP contribution >= 0.6 is 11.8 Å². The summed E-state index contributed by atoms with van der Waals surface area (Å²) < 4.78 is 0. The number of hydrogen-bond acceptors (Lipinski definition) is 4. The Morgan fingerprint density at radius 3 is 2.95 bits per heavy atom. The Hall–Kier alpha value is -1.20. The van der Waals surface area contributed by atoms with E-state index >= 15 is 0 Å². The fraction of sp³-hybridized carbons (Fsp3) is 0.533. The van der Waals surface area contributed by atoms with Gasteiger partial charge in [0.2, 0.25) is 5.91 Å². The van der Waals surface area contributed by atoms with Gasteiger partial charge in [-0.15, -0.1) is 0 Å². The minimum atomic E-state index is -0.139. The van der Waals surface area contributed by atoms with E-state index in [1.54, 1.807) is 0 Å². The highest BCUT2D eigenvalue weighted by atomic mass is 32.2. The van der Waals surface area contributed by atoms with Crippen LogP contribution in [0.2, 0.25) is 0 Å². The van der Waals surface area contributed by atoms with Crippen LogP contribution in [-0.2, 0) is 4.79 Å². The first-order valence-corrected chi connectivity index (χ1v) is 8.11. The van der Waals surface area contributed by atoms with E-state index in [0.717, 1.165) is 23.4 Å². The molecule has 0 radical (unpaired) electrons. The normalized spacial score (nSPS) is 20.1. The van der Waals surface area contributed by atoms with Gasteiger partial charge in [0.15, 0.2) is 0 Å². The molecule has 1 aromatic carbocycles. The molecule has 1 aliphatic rings. The molecule has 0 aliphatic carbocycles. The van der Waals surface area contributed by atoms with Crippen molar-refractivity contribution in [1.29, 1.82) is 0 Å². The highest BCUT2D eigenvalue weighted by Crippen LogP contribution is 2.24. The van der Waals surface area contributed by atoms with E-state index in [9.17, 15) is 4.79 Å². The molecule has 4 nitrogen and oxygen atoms in total. The summed E-state index contributed by atoms with van der Waals surface area (Å²) in [4.78, 5) is 14.6. The monoisotopic (exact) mass is 293 g/mol. The summed E-state index contributed by atoms with van der Waals surface area (Å²) in [5.74, 6) is 2.33. The number of anilines is 2. The summed E-state index contributed by atoms with van der Waals surface area (Å²) in [6, 6.07) is 5.94. The second kappa shape index (κ2) is 6.50. The molecule has 0 spiro atoms. The number of amides is 1. The summed E-state index contributed by atoms with van der Waals surface area (Å²) in [5, 5.41) is 2.99. The van der Waals surface area contributed by atoms with Crippen LogP contribution in [-0.4, -0.2) is 41.4 Å². The summed E-state index contributed by atoms with van der Waals surface area (Å²) in [5.41, 5.74) is 8.27. The van der Waals surface area contributed by atoms with Crippen LogP contribution in [0.3, 0.4) is 0 Å². The van der Waals surface area contributed by atoms with Crippen LogP contribution in [0.15, 0.2) is 18.2 Å². The van der Waals surface area contributed by atoms with E-state index in [1.807, 2.05) is 50.9 Å². The first kappa shape index (κ1) is 15.2. The predicted molar refractivity (Wildman–Crippen MR) is 87.2 cm³/mol. The maximum atomic E-state index is 12.4. The van der Waals surface area contributed by atoms with Gasteiger partial charge in [-0.05, 0) is 50.8 Å². The summed E-state index contributed by atoms with van der Waals surface area (Å²) >= 11 is 1.96.